The number of aliphatic hydroxyl groups excluding tert-OH is 1. The smallest absolute Gasteiger partial charge is 0.306 e. The van der Waals surface area contributed by atoms with Crippen LogP contribution >= 0.6 is 0 Å². The van der Waals surface area contributed by atoms with E-state index in [1.165, 1.54) is 147 Å². The van der Waals surface area contributed by atoms with Crippen molar-refractivity contribution < 1.29 is 14.6 Å². The first-order valence-corrected chi connectivity index (χ1v) is 20.0. The van der Waals surface area contributed by atoms with Crippen LogP contribution in [0.4, 0.5) is 0 Å². The van der Waals surface area contributed by atoms with Crippen molar-refractivity contribution in [3.8, 4) is 0 Å². The van der Waals surface area contributed by atoms with Crippen molar-refractivity contribution in [3.63, 3.8) is 0 Å². The summed E-state index contributed by atoms with van der Waals surface area (Å²) < 4.78 is 5.67. The van der Waals surface area contributed by atoms with Gasteiger partial charge in [0.1, 0.15) is 6.10 Å². The third kappa shape index (κ3) is 20.7. The number of hydrogen-bond acceptors (Lipinski definition) is 4. The van der Waals surface area contributed by atoms with Crippen LogP contribution in [0.3, 0.4) is 0 Å². The molecule has 2 aliphatic carbocycles. The minimum Gasteiger partial charge on any atom is -0.458 e. The van der Waals surface area contributed by atoms with Crippen molar-refractivity contribution in [2.24, 2.45) is 11.8 Å². The Labute approximate surface area is 280 Å². The monoisotopic (exact) mass is 630 g/mol. The lowest BCUT2D eigenvalue weighted by atomic mass is 10.00. The summed E-state index contributed by atoms with van der Waals surface area (Å²) in [5.41, 5.74) is 1.40. The maximum atomic E-state index is 12.3. The lowest BCUT2D eigenvalue weighted by Crippen LogP contribution is -2.25. The van der Waals surface area contributed by atoms with Crippen LogP contribution in [-0.4, -0.2) is 47.8 Å². The zero-order valence-electron chi connectivity index (χ0n) is 30.3. The summed E-state index contributed by atoms with van der Waals surface area (Å²) in [7, 11) is 0. The molecule has 1 fully saturated rings. The minimum absolute atomic E-state index is 0.0332. The first-order chi connectivity index (χ1) is 22.1. The van der Waals surface area contributed by atoms with Gasteiger partial charge in [0.25, 0.3) is 0 Å². The number of carbonyl (C=O) groups is 1. The molecule has 0 aromatic carbocycles. The molecule has 1 saturated carbocycles. The number of rotatable bonds is 31. The van der Waals surface area contributed by atoms with Gasteiger partial charge in [-0.3, -0.25) is 4.79 Å². The number of hydrogen-bond donors (Lipinski definition) is 1. The average Bonchev–Trinajstić information content (AvgIpc) is 3.83. The Bertz CT molecular complexity index is 777. The van der Waals surface area contributed by atoms with E-state index in [1.54, 1.807) is 0 Å². The molecule has 45 heavy (non-hydrogen) atoms. The van der Waals surface area contributed by atoms with Crippen LogP contribution in [0, 0.1) is 11.8 Å². The largest absolute Gasteiger partial charge is 0.458 e. The molecule has 0 saturated heterocycles. The number of aliphatic hydroxyl groups is 1. The van der Waals surface area contributed by atoms with Gasteiger partial charge in [-0.2, -0.15) is 0 Å². The van der Waals surface area contributed by atoms with Gasteiger partial charge < -0.3 is 14.7 Å². The highest BCUT2D eigenvalue weighted by atomic mass is 16.5. The molecular weight excluding hydrogens is 554 g/mol. The lowest BCUT2D eigenvalue weighted by Gasteiger charge is -2.20. The standard InChI is InChI=1S/C41H75NO3/c1-4-7-9-10-11-14-20-26-37-35-39(37)40(43)27-21-15-12-17-23-33-42(6-3)34-24-18-13-16-22-28-41(44)45-38-31-29-36(30-32-38)25-19-8-5-2/h29-31,37-40,43H,4-28,32-35H2,1-3H3. The summed E-state index contributed by atoms with van der Waals surface area (Å²) >= 11 is 0. The maximum absolute atomic E-state index is 12.3. The summed E-state index contributed by atoms with van der Waals surface area (Å²) in [6, 6.07) is 0. The normalized spacial score (nSPS) is 20.0. The summed E-state index contributed by atoms with van der Waals surface area (Å²) in [6.07, 6.45) is 38.3. The molecule has 0 heterocycles. The van der Waals surface area contributed by atoms with E-state index in [0.29, 0.717) is 12.3 Å². The van der Waals surface area contributed by atoms with Gasteiger partial charge in [0, 0.05) is 12.8 Å². The lowest BCUT2D eigenvalue weighted by molar-refractivity contribution is -0.146. The van der Waals surface area contributed by atoms with E-state index in [4.69, 9.17) is 4.74 Å². The molecule has 0 aromatic heterocycles. The SMILES string of the molecule is CCCCCCCCCC1CC1C(O)CCCCCCCN(CC)CCCCCCCC(=O)OC1C=CC(CCCCC)=CC1. The number of carbonyl (C=O) groups excluding carboxylic acids is 1. The maximum Gasteiger partial charge on any atom is 0.306 e. The highest BCUT2D eigenvalue weighted by Crippen LogP contribution is 2.46. The second-order valence-corrected chi connectivity index (χ2v) is 14.5. The molecule has 4 nitrogen and oxygen atoms in total. The van der Waals surface area contributed by atoms with E-state index in [0.717, 1.165) is 44.6 Å². The van der Waals surface area contributed by atoms with Gasteiger partial charge in [-0.15, -0.1) is 0 Å². The fraction of sp³-hybridized carbons (Fsp3) is 0.878. The zero-order chi connectivity index (χ0) is 32.4. The van der Waals surface area contributed by atoms with Crippen LogP contribution in [0.15, 0.2) is 23.8 Å². The Kier molecular flexibility index (Phi) is 23.9. The number of unbranched alkanes of at least 4 members (excludes halogenated alkanes) is 16. The molecule has 262 valence electrons. The van der Waals surface area contributed by atoms with Crippen molar-refractivity contribution in [1.29, 1.82) is 0 Å². The van der Waals surface area contributed by atoms with Crippen molar-refractivity contribution in [3.05, 3.63) is 23.8 Å². The summed E-state index contributed by atoms with van der Waals surface area (Å²) in [5.74, 6) is 1.41. The minimum atomic E-state index is -0.0648. The Hall–Kier alpha value is -1.13. The molecule has 0 aliphatic heterocycles. The molecule has 0 amide bonds. The van der Waals surface area contributed by atoms with E-state index in [1.807, 2.05) is 0 Å². The van der Waals surface area contributed by atoms with E-state index in [9.17, 15) is 9.90 Å². The van der Waals surface area contributed by atoms with Gasteiger partial charge >= 0.3 is 5.97 Å². The van der Waals surface area contributed by atoms with Gasteiger partial charge in [0.05, 0.1) is 6.10 Å². The van der Waals surface area contributed by atoms with Gasteiger partial charge in [-0.05, 0) is 82.5 Å². The zero-order valence-corrected chi connectivity index (χ0v) is 30.3. The van der Waals surface area contributed by atoms with Crippen LogP contribution in [0.25, 0.3) is 0 Å². The van der Waals surface area contributed by atoms with E-state index >= 15 is 0 Å². The van der Waals surface area contributed by atoms with Crippen LogP contribution in [0.1, 0.15) is 188 Å². The van der Waals surface area contributed by atoms with E-state index < -0.39 is 0 Å². The highest BCUT2D eigenvalue weighted by molar-refractivity contribution is 5.69. The van der Waals surface area contributed by atoms with E-state index in [-0.39, 0.29) is 18.2 Å². The van der Waals surface area contributed by atoms with Gasteiger partial charge in [0.2, 0.25) is 0 Å². The Balaban J connectivity index is 1.34. The van der Waals surface area contributed by atoms with E-state index in [2.05, 4.69) is 43.9 Å². The molecule has 4 heteroatoms. The Morgan fingerprint density at radius 3 is 2.04 bits per heavy atom. The van der Waals surface area contributed by atoms with Crippen molar-refractivity contribution in [2.75, 3.05) is 19.6 Å². The molecule has 0 radical (unpaired) electrons. The number of ether oxygens (including phenoxy) is 1. The third-order valence-electron chi connectivity index (χ3n) is 10.4. The molecule has 4 unspecified atom stereocenters. The summed E-state index contributed by atoms with van der Waals surface area (Å²) in [5, 5.41) is 10.6. The predicted molar refractivity (Wildman–Crippen MR) is 194 cm³/mol. The fourth-order valence-electron chi connectivity index (χ4n) is 7.16. The molecule has 0 aromatic rings. The van der Waals surface area contributed by atoms with Gasteiger partial charge in [0.15, 0.2) is 0 Å². The fourth-order valence-corrected chi connectivity index (χ4v) is 7.16. The topological polar surface area (TPSA) is 49.8 Å². The van der Waals surface area contributed by atoms with Crippen LogP contribution in [0.2, 0.25) is 0 Å². The second-order valence-electron chi connectivity index (χ2n) is 14.5. The number of nitrogens with zero attached hydrogens (tertiary/aromatic N) is 1. The second kappa shape index (κ2) is 26.9. The van der Waals surface area contributed by atoms with Crippen LogP contribution in [-0.2, 0) is 9.53 Å². The Morgan fingerprint density at radius 2 is 1.40 bits per heavy atom. The molecule has 2 rings (SSSR count). The first-order valence-electron chi connectivity index (χ1n) is 20.0. The summed E-state index contributed by atoms with van der Waals surface area (Å²) in [4.78, 5) is 14.9. The van der Waals surface area contributed by atoms with Crippen molar-refractivity contribution >= 4 is 5.97 Å². The third-order valence-corrected chi connectivity index (χ3v) is 10.4. The molecule has 1 N–H and O–H groups in total. The molecule has 0 spiro atoms. The van der Waals surface area contributed by atoms with Crippen LogP contribution in [0.5, 0.6) is 0 Å². The molecule has 4 atom stereocenters. The molecule has 0 bridgehead atoms. The molecule has 2 aliphatic rings. The molecular formula is C41H75NO3. The van der Waals surface area contributed by atoms with Crippen molar-refractivity contribution in [1.82, 2.24) is 4.90 Å². The predicted octanol–water partition coefficient (Wildman–Crippen LogP) is 11.5. The average molecular weight is 630 g/mol. The number of esters is 1. The number of allylic oxidation sites excluding steroid dienone is 2. The van der Waals surface area contributed by atoms with Gasteiger partial charge in [-0.1, -0.05) is 148 Å². The Morgan fingerprint density at radius 1 is 0.800 bits per heavy atom. The highest BCUT2D eigenvalue weighted by Gasteiger charge is 2.40. The van der Waals surface area contributed by atoms with Gasteiger partial charge in [-0.25, -0.2) is 0 Å². The van der Waals surface area contributed by atoms with Crippen molar-refractivity contribution in [2.45, 2.75) is 200 Å². The quantitative estimate of drug-likeness (QED) is 0.0612. The summed E-state index contributed by atoms with van der Waals surface area (Å²) in [6.45, 7) is 10.4. The van der Waals surface area contributed by atoms with Crippen LogP contribution < -0.4 is 0 Å². The first kappa shape index (κ1) is 40.0.